The van der Waals surface area contributed by atoms with Crippen molar-refractivity contribution in [1.82, 2.24) is 25.7 Å². The van der Waals surface area contributed by atoms with Crippen molar-refractivity contribution < 1.29 is 43.0 Å². The summed E-state index contributed by atoms with van der Waals surface area (Å²) in [5.41, 5.74) is 6.87. The van der Waals surface area contributed by atoms with Gasteiger partial charge in [-0.15, -0.1) is 20.4 Å². The van der Waals surface area contributed by atoms with Gasteiger partial charge in [0.2, 0.25) is 11.7 Å². The van der Waals surface area contributed by atoms with Crippen LogP contribution >= 0.6 is 0 Å². The molecule has 0 aliphatic heterocycles. The second kappa shape index (κ2) is 37.6. The highest BCUT2D eigenvalue weighted by Gasteiger charge is 2.10. The van der Waals surface area contributed by atoms with E-state index in [1.54, 1.807) is 6.92 Å². The standard InChI is InChI=1S/C19H25N5O3.C10H18O3.C9H18O.C8H17NO2/c1-13(2)17(25)8-10-27-11-9-20-18(26)12-15-4-6-16(7-5-15)19-23-21-14(3)22-24-19;1-8(2)10(12)5-7-13-6-4-9(3)11;1-4-5-6-7-9(10)8(2)3;1-7(2)8(10)3-5-11-6-4-9/h4-7,13H,8-12H2,1-3H3,(H,20,26);8H,4-7H2,1-3H3;8H,4-7H2,1-3H3;7H,3-6,9H2,1-2H3. The molecular weight excluding hydrogens is 781 g/mol. The van der Waals surface area contributed by atoms with E-state index in [-0.39, 0.29) is 59.1 Å². The van der Waals surface area contributed by atoms with Crippen LogP contribution in [0.5, 0.6) is 0 Å². The quantitative estimate of drug-likeness (QED) is 0.0873. The molecule has 0 bridgehead atoms. The lowest BCUT2D eigenvalue weighted by molar-refractivity contribution is -0.124. The molecule has 15 nitrogen and oxygen atoms in total. The molecule has 1 amide bonds. The number of ether oxygens (including phenoxy) is 3. The molecule has 3 N–H and O–H groups in total. The highest BCUT2D eigenvalue weighted by atomic mass is 16.5. The van der Waals surface area contributed by atoms with E-state index >= 15 is 0 Å². The van der Waals surface area contributed by atoms with Gasteiger partial charge in [-0.05, 0) is 25.8 Å². The first-order chi connectivity index (χ1) is 28.9. The molecule has 0 spiro atoms. The van der Waals surface area contributed by atoms with Crippen LogP contribution in [0.15, 0.2) is 24.3 Å². The summed E-state index contributed by atoms with van der Waals surface area (Å²) in [7, 11) is 0. The summed E-state index contributed by atoms with van der Waals surface area (Å²) in [4.78, 5) is 67.0. The predicted octanol–water partition coefficient (Wildman–Crippen LogP) is 6.50. The van der Waals surface area contributed by atoms with E-state index in [0.29, 0.717) is 95.8 Å². The third kappa shape index (κ3) is 35.2. The monoisotopic (exact) mass is 859 g/mol. The number of benzene rings is 1. The zero-order chi connectivity index (χ0) is 46.6. The first-order valence-electron chi connectivity index (χ1n) is 21.8. The first kappa shape index (κ1) is 58.9. The van der Waals surface area contributed by atoms with Crippen molar-refractivity contribution in [3.63, 3.8) is 0 Å². The Balaban J connectivity index is 0. The molecular formula is C46H78N6O9. The van der Waals surface area contributed by atoms with Crippen LogP contribution in [-0.2, 0) is 49.4 Å². The zero-order valence-corrected chi connectivity index (χ0v) is 39.2. The van der Waals surface area contributed by atoms with Crippen molar-refractivity contribution in [2.24, 2.45) is 29.4 Å². The van der Waals surface area contributed by atoms with Crippen molar-refractivity contribution in [3.8, 4) is 11.4 Å². The van der Waals surface area contributed by atoms with Gasteiger partial charge < -0.3 is 25.3 Å². The molecule has 0 radical (unpaired) electrons. The number of nitrogens with one attached hydrogen (secondary N) is 1. The maximum atomic E-state index is 12.0. The second-order valence-electron chi connectivity index (χ2n) is 15.8. The number of hydrogen-bond donors (Lipinski definition) is 2. The molecule has 2 rings (SSSR count). The molecule has 2 aromatic rings. The number of Topliss-reactive ketones (excluding diaryl/α,β-unsaturated/α-hetero) is 5. The van der Waals surface area contributed by atoms with Crippen LogP contribution in [0.3, 0.4) is 0 Å². The molecule has 1 aromatic carbocycles. The van der Waals surface area contributed by atoms with E-state index in [9.17, 15) is 28.8 Å². The number of nitrogens with two attached hydrogens (primary N) is 1. The lowest BCUT2D eigenvalue weighted by atomic mass is 10.0. The fourth-order valence-electron chi connectivity index (χ4n) is 4.50. The summed E-state index contributed by atoms with van der Waals surface area (Å²) in [6, 6.07) is 7.38. The van der Waals surface area contributed by atoms with Crippen LogP contribution in [0.2, 0.25) is 0 Å². The Morgan fingerprint density at radius 3 is 1.44 bits per heavy atom. The fraction of sp³-hybridized carbons (Fsp3) is 0.696. The normalized spacial score (nSPS) is 10.6. The summed E-state index contributed by atoms with van der Waals surface area (Å²) in [5.74, 6) is 2.53. The Morgan fingerprint density at radius 1 is 0.590 bits per heavy atom. The number of unbranched alkanes of at least 4 members (excludes halogenated alkanes) is 2. The van der Waals surface area contributed by atoms with Gasteiger partial charge in [-0.1, -0.05) is 99.4 Å². The molecule has 1 aromatic heterocycles. The molecule has 0 unspecified atom stereocenters. The molecule has 346 valence electrons. The SMILES string of the molecule is CC(=O)CCOCCC(=O)C(C)C.CC(C)C(=O)CCOCCN.CCCCCC(=O)C(C)C.Cc1nnc(-c2ccc(CC(=O)NCCOCCC(=O)C(C)C)cc2)nn1. The van der Waals surface area contributed by atoms with E-state index < -0.39 is 0 Å². The number of carbonyl (C=O) groups excluding carboxylic acids is 6. The summed E-state index contributed by atoms with van der Waals surface area (Å²) in [6.45, 7) is 24.3. The van der Waals surface area contributed by atoms with Crippen LogP contribution in [-0.4, -0.2) is 108 Å². The van der Waals surface area contributed by atoms with Crippen LogP contribution in [0.1, 0.15) is 132 Å². The molecule has 0 fully saturated rings. The highest BCUT2D eigenvalue weighted by Crippen LogP contribution is 2.14. The van der Waals surface area contributed by atoms with Gasteiger partial charge in [-0.25, -0.2) is 0 Å². The highest BCUT2D eigenvalue weighted by molar-refractivity contribution is 5.81. The Kier molecular flexibility index (Phi) is 36.3. The van der Waals surface area contributed by atoms with Crippen molar-refractivity contribution in [3.05, 3.63) is 35.7 Å². The van der Waals surface area contributed by atoms with E-state index in [2.05, 4.69) is 32.6 Å². The minimum absolute atomic E-state index is 0.0322. The largest absolute Gasteiger partial charge is 0.381 e. The van der Waals surface area contributed by atoms with Gasteiger partial charge in [0, 0.05) is 74.4 Å². The van der Waals surface area contributed by atoms with Crippen LogP contribution in [0, 0.1) is 30.6 Å². The number of ketones is 5. The van der Waals surface area contributed by atoms with E-state index in [1.165, 1.54) is 19.8 Å². The van der Waals surface area contributed by atoms with Gasteiger partial charge in [-0.2, -0.15) is 0 Å². The lowest BCUT2D eigenvalue weighted by Crippen LogP contribution is -2.28. The van der Waals surface area contributed by atoms with Gasteiger partial charge in [-0.3, -0.25) is 28.8 Å². The topological polar surface area (TPSA) is 220 Å². The van der Waals surface area contributed by atoms with Gasteiger partial charge in [0.25, 0.3) is 0 Å². The number of aromatic nitrogens is 4. The van der Waals surface area contributed by atoms with Crippen LogP contribution in [0.25, 0.3) is 11.4 Å². The number of rotatable bonds is 28. The Bertz CT molecular complexity index is 1500. The average molecular weight is 859 g/mol. The van der Waals surface area contributed by atoms with Crippen molar-refractivity contribution in [2.75, 3.05) is 52.7 Å². The molecule has 1 heterocycles. The van der Waals surface area contributed by atoms with Crippen molar-refractivity contribution in [1.29, 1.82) is 0 Å². The third-order valence-corrected chi connectivity index (χ3v) is 8.67. The zero-order valence-electron chi connectivity index (χ0n) is 39.2. The number of aryl methyl sites for hydroxylation is 1. The first-order valence-corrected chi connectivity index (χ1v) is 21.8. The molecule has 0 aliphatic rings. The van der Waals surface area contributed by atoms with Crippen LogP contribution in [0.4, 0.5) is 0 Å². The van der Waals surface area contributed by atoms with E-state index in [4.69, 9.17) is 19.9 Å². The summed E-state index contributed by atoms with van der Waals surface area (Å²) >= 11 is 0. The Labute approximate surface area is 365 Å². The molecule has 61 heavy (non-hydrogen) atoms. The minimum atomic E-state index is -0.0838. The molecule has 15 heteroatoms. The Hall–Kier alpha value is -4.18. The second-order valence-corrected chi connectivity index (χ2v) is 15.8. The van der Waals surface area contributed by atoms with Crippen LogP contribution < -0.4 is 11.1 Å². The fourth-order valence-corrected chi connectivity index (χ4v) is 4.50. The number of carbonyl (C=O) groups is 6. The van der Waals surface area contributed by atoms with E-state index in [0.717, 1.165) is 24.0 Å². The number of hydrogen-bond acceptors (Lipinski definition) is 14. The predicted molar refractivity (Wildman–Crippen MR) is 239 cm³/mol. The maximum Gasteiger partial charge on any atom is 0.224 e. The minimum Gasteiger partial charge on any atom is -0.381 e. The van der Waals surface area contributed by atoms with Gasteiger partial charge in [0.1, 0.15) is 28.9 Å². The summed E-state index contributed by atoms with van der Waals surface area (Å²) in [5, 5.41) is 18.5. The van der Waals surface area contributed by atoms with Crippen molar-refractivity contribution in [2.45, 2.75) is 134 Å². The third-order valence-electron chi connectivity index (χ3n) is 8.67. The molecule has 0 atom stereocenters. The lowest BCUT2D eigenvalue weighted by Gasteiger charge is -2.08. The van der Waals surface area contributed by atoms with Gasteiger partial charge in [0.15, 0.2) is 5.82 Å². The van der Waals surface area contributed by atoms with E-state index in [1.807, 2.05) is 79.7 Å². The number of amides is 1. The van der Waals surface area contributed by atoms with Gasteiger partial charge >= 0.3 is 0 Å². The molecule has 0 aliphatic carbocycles. The maximum absolute atomic E-state index is 12.0. The average Bonchev–Trinajstić information content (AvgIpc) is 3.21. The molecule has 0 saturated heterocycles. The van der Waals surface area contributed by atoms with Gasteiger partial charge in [0.05, 0.1) is 46.1 Å². The summed E-state index contributed by atoms with van der Waals surface area (Å²) < 4.78 is 15.5. The van der Waals surface area contributed by atoms with Crippen molar-refractivity contribution >= 4 is 34.8 Å². The molecule has 0 saturated carbocycles. The Morgan fingerprint density at radius 2 is 1.02 bits per heavy atom. The number of nitrogens with zero attached hydrogens (tertiary/aromatic N) is 4. The smallest absolute Gasteiger partial charge is 0.224 e. The summed E-state index contributed by atoms with van der Waals surface area (Å²) in [6.07, 6.45) is 6.34.